The minimum absolute atomic E-state index is 0. The van der Waals surface area contributed by atoms with Crippen molar-refractivity contribution in [2.24, 2.45) is 0 Å². The van der Waals surface area contributed by atoms with Gasteiger partial charge in [-0.15, -0.1) is 0 Å². The Bertz CT molecular complexity index is 256. The second kappa shape index (κ2) is 7.01. The van der Waals surface area contributed by atoms with Crippen LogP contribution in [0, 0.1) is 12.1 Å². The van der Waals surface area contributed by atoms with Gasteiger partial charge >= 0.3 is 0 Å². The Morgan fingerprint density at radius 2 is 2.27 bits per heavy atom. The topological polar surface area (TPSA) is 49.4 Å². The Morgan fingerprint density at radius 1 is 1.60 bits per heavy atom. The first-order valence-electron chi connectivity index (χ1n) is 4.64. The molecule has 15 heavy (non-hydrogen) atoms. The molecule has 1 rings (SSSR count). The van der Waals surface area contributed by atoms with Crippen LogP contribution in [0.1, 0.15) is 19.8 Å². The molecule has 1 aliphatic rings. The van der Waals surface area contributed by atoms with Gasteiger partial charge < -0.3 is 20.9 Å². The largest absolute Gasteiger partial charge is 0.521 e. The Morgan fingerprint density at radius 3 is 2.80 bits per heavy atom. The smallest absolute Gasteiger partial charge is 0.219 e. The van der Waals surface area contributed by atoms with Gasteiger partial charge in [-0.05, 0) is 6.54 Å². The van der Waals surface area contributed by atoms with Crippen LogP contribution in [-0.2, 0) is 42.3 Å². The standard InChI is InChI=1S/C10H14N2O2.Y/c1-3-9(13)12-6-5-8(7-12)10(14)11-4-2;/h2-3,5-7H2,1H3,(H,11,14);/q-2;. The van der Waals surface area contributed by atoms with Gasteiger partial charge in [-0.1, -0.05) is 19.4 Å². The molecule has 0 unspecified atom stereocenters. The third-order valence-corrected chi connectivity index (χ3v) is 2.24. The van der Waals surface area contributed by atoms with Gasteiger partial charge in [0.05, 0.1) is 0 Å². The van der Waals surface area contributed by atoms with Crippen molar-refractivity contribution in [3.05, 3.63) is 18.7 Å². The molecule has 4 nitrogen and oxygen atoms in total. The van der Waals surface area contributed by atoms with Crippen molar-refractivity contribution in [3.8, 4) is 0 Å². The third kappa shape index (κ3) is 3.95. The summed E-state index contributed by atoms with van der Waals surface area (Å²) in [6.07, 6.45) is 3.47. The van der Waals surface area contributed by atoms with E-state index in [4.69, 9.17) is 0 Å². The Kier molecular flexibility index (Phi) is 6.85. The normalized spacial score (nSPS) is 14.5. The second-order valence-electron chi connectivity index (χ2n) is 3.15. The second-order valence-corrected chi connectivity index (χ2v) is 3.15. The third-order valence-electron chi connectivity index (χ3n) is 2.24. The van der Waals surface area contributed by atoms with Gasteiger partial charge in [0.1, 0.15) is 0 Å². The van der Waals surface area contributed by atoms with Crippen LogP contribution in [0.15, 0.2) is 6.58 Å². The molecular weight excluding hydrogens is 269 g/mol. The molecule has 81 valence electrons. The average molecular weight is 283 g/mol. The van der Waals surface area contributed by atoms with Gasteiger partial charge in [-0.25, -0.2) is 0 Å². The molecular formula is C10H14N2O2Y-2. The molecule has 0 aromatic carbocycles. The molecule has 1 N–H and O–H groups in total. The molecule has 0 atom stereocenters. The summed E-state index contributed by atoms with van der Waals surface area (Å²) >= 11 is 0. The number of hydrogen-bond donors (Lipinski definition) is 1. The van der Waals surface area contributed by atoms with Gasteiger partial charge in [-0.2, -0.15) is 19.2 Å². The molecule has 0 aromatic rings. The van der Waals surface area contributed by atoms with Gasteiger partial charge in [0.25, 0.3) is 0 Å². The first-order valence-corrected chi connectivity index (χ1v) is 4.64. The molecule has 1 radical (unpaired) electrons. The van der Waals surface area contributed by atoms with Crippen LogP contribution in [0.25, 0.3) is 0 Å². The monoisotopic (exact) mass is 283 g/mol. The summed E-state index contributed by atoms with van der Waals surface area (Å²) in [6, 6.07) is 0. The fraction of sp³-hybridized carbons (Fsp3) is 0.500. The first-order chi connectivity index (χ1) is 6.69. The van der Waals surface area contributed by atoms with Crippen LogP contribution in [0.5, 0.6) is 0 Å². The van der Waals surface area contributed by atoms with E-state index in [1.54, 1.807) is 4.90 Å². The summed E-state index contributed by atoms with van der Waals surface area (Å²) in [5, 5.41) is 2.39. The van der Waals surface area contributed by atoms with Crippen molar-refractivity contribution < 1.29 is 42.3 Å². The summed E-state index contributed by atoms with van der Waals surface area (Å²) in [7, 11) is 0. The number of nitrogens with zero attached hydrogens (tertiary/aromatic N) is 1. The van der Waals surface area contributed by atoms with Crippen molar-refractivity contribution in [3.63, 3.8) is 0 Å². The zero-order chi connectivity index (χ0) is 10.6. The molecule has 0 saturated carbocycles. The molecule has 0 aromatic heterocycles. The first kappa shape index (κ1) is 14.7. The molecule has 0 aliphatic carbocycles. The van der Waals surface area contributed by atoms with Crippen molar-refractivity contribution in [2.75, 3.05) is 13.1 Å². The molecule has 1 heterocycles. The zero-order valence-electron chi connectivity index (χ0n) is 8.88. The van der Waals surface area contributed by atoms with Gasteiger partial charge in [0.15, 0.2) is 0 Å². The van der Waals surface area contributed by atoms with E-state index in [-0.39, 0.29) is 44.5 Å². The number of amides is 2. The number of likely N-dealkylation sites (tertiary alicyclic amines) is 1. The number of rotatable bonds is 3. The maximum atomic E-state index is 11.3. The summed E-state index contributed by atoms with van der Waals surface area (Å²) in [5.74, 6) is 0.643. The van der Waals surface area contributed by atoms with E-state index < -0.39 is 0 Å². The fourth-order valence-corrected chi connectivity index (χ4v) is 1.45. The van der Waals surface area contributed by atoms with E-state index in [1.165, 1.54) is 0 Å². The van der Waals surface area contributed by atoms with E-state index in [1.807, 2.05) is 6.92 Å². The van der Waals surface area contributed by atoms with Gasteiger partial charge in [-0.3, -0.25) is 4.79 Å². The fourth-order valence-electron chi connectivity index (χ4n) is 1.45. The molecule has 5 heteroatoms. The molecule has 0 spiro atoms. The Labute approximate surface area is 115 Å². The summed E-state index contributed by atoms with van der Waals surface area (Å²) < 4.78 is 0. The molecule has 1 saturated heterocycles. The Hall–Kier alpha value is -0.346. The minimum Gasteiger partial charge on any atom is -0.521 e. The molecule has 2 amide bonds. The summed E-state index contributed by atoms with van der Waals surface area (Å²) in [6.45, 7) is 6.20. The molecule has 0 bridgehead atoms. The van der Waals surface area contributed by atoms with Crippen LogP contribution in [-0.4, -0.2) is 29.8 Å². The van der Waals surface area contributed by atoms with E-state index >= 15 is 0 Å². The van der Waals surface area contributed by atoms with E-state index in [2.05, 4.69) is 18.1 Å². The predicted molar refractivity (Wildman–Crippen MR) is 51.7 cm³/mol. The zero-order valence-corrected chi connectivity index (χ0v) is 11.7. The quantitative estimate of drug-likeness (QED) is 0.597. The number of hydrogen-bond acceptors (Lipinski definition) is 2. The SMILES string of the molecule is C=[C-]NC(=O)[C-]1CCN(C(=O)CC)C1.[Y]. The van der Waals surface area contributed by atoms with Crippen LogP contribution in [0.4, 0.5) is 0 Å². The summed E-state index contributed by atoms with van der Waals surface area (Å²) in [4.78, 5) is 24.3. The van der Waals surface area contributed by atoms with Gasteiger partial charge in [0, 0.05) is 39.1 Å². The van der Waals surface area contributed by atoms with Crippen LogP contribution >= 0.6 is 0 Å². The van der Waals surface area contributed by atoms with Crippen LogP contribution < -0.4 is 5.32 Å². The van der Waals surface area contributed by atoms with Crippen molar-refractivity contribution in [1.29, 1.82) is 0 Å². The van der Waals surface area contributed by atoms with Crippen molar-refractivity contribution >= 4 is 11.8 Å². The number of carbonyl (C=O) groups excluding carboxylic acids is 2. The molecule has 1 aliphatic heterocycles. The van der Waals surface area contributed by atoms with E-state index in [0.717, 1.165) is 5.92 Å². The van der Waals surface area contributed by atoms with Crippen LogP contribution in [0.3, 0.4) is 0 Å². The number of nitrogens with one attached hydrogen (secondary N) is 1. The maximum absolute atomic E-state index is 11.3. The van der Waals surface area contributed by atoms with Crippen LogP contribution in [0.2, 0.25) is 0 Å². The van der Waals surface area contributed by atoms with Gasteiger partial charge in [0.2, 0.25) is 5.91 Å². The minimum atomic E-state index is -0.175. The van der Waals surface area contributed by atoms with E-state index in [9.17, 15) is 9.59 Å². The Balaban J connectivity index is 0.00000196. The van der Waals surface area contributed by atoms with Crippen molar-refractivity contribution in [1.82, 2.24) is 10.2 Å². The predicted octanol–water partition coefficient (Wildman–Crippen LogP) is 0.264. The average Bonchev–Trinajstić information content (AvgIpc) is 2.66. The molecule has 1 fully saturated rings. The maximum Gasteiger partial charge on any atom is 0.219 e. The van der Waals surface area contributed by atoms with E-state index in [0.29, 0.717) is 25.9 Å². The number of carbonyl (C=O) groups is 2. The van der Waals surface area contributed by atoms with Crippen molar-refractivity contribution in [2.45, 2.75) is 19.8 Å². The summed E-state index contributed by atoms with van der Waals surface area (Å²) in [5.41, 5.74) is 0.